The van der Waals surface area contributed by atoms with Gasteiger partial charge in [-0.25, -0.2) is 4.98 Å². The Morgan fingerprint density at radius 3 is 2.51 bits per heavy atom. The number of Topliss-reactive ketones (excluding diaryl/α,β-unsaturated/α-hetero) is 1. The number of nitrogens with zero attached hydrogens (tertiary/aromatic N) is 4. The molecule has 1 aromatic carbocycles. The first-order valence-electron chi connectivity index (χ1n) is 11.8. The van der Waals surface area contributed by atoms with Crippen molar-refractivity contribution < 1.29 is 19.4 Å². The van der Waals surface area contributed by atoms with E-state index in [1.807, 2.05) is 69.2 Å². The third-order valence-electron chi connectivity index (χ3n) is 6.29. The van der Waals surface area contributed by atoms with Crippen LogP contribution in [0.2, 0.25) is 0 Å². The van der Waals surface area contributed by atoms with Crippen LogP contribution in [0.1, 0.15) is 41.9 Å². The fourth-order valence-corrected chi connectivity index (χ4v) is 4.66. The highest BCUT2D eigenvalue weighted by Gasteiger charge is 2.46. The second kappa shape index (κ2) is 9.92. The molecule has 1 amide bonds. The molecule has 184 valence electrons. The highest BCUT2D eigenvalue weighted by molar-refractivity contribution is 6.46. The van der Waals surface area contributed by atoms with Crippen LogP contribution in [0.25, 0.3) is 11.4 Å². The third kappa shape index (κ3) is 4.53. The molecule has 1 atom stereocenters. The number of aromatic nitrogens is 2. The summed E-state index contributed by atoms with van der Waals surface area (Å²) in [5.74, 6) is -0.804. The van der Waals surface area contributed by atoms with Crippen molar-refractivity contribution in [2.45, 2.75) is 33.2 Å². The Hall–Kier alpha value is -3.65. The van der Waals surface area contributed by atoms with Gasteiger partial charge in [0.05, 0.1) is 23.9 Å². The van der Waals surface area contributed by atoms with Crippen LogP contribution < -0.4 is 4.74 Å². The maximum absolute atomic E-state index is 13.3. The summed E-state index contributed by atoms with van der Waals surface area (Å²) in [6.45, 7) is 7.34. The van der Waals surface area contributed by atoms with Crippen molar-refractivity contribution in [2.24, 2.45) is 0 Å². The lowest BCUT2D eigenvalue weighted by Crippen LogP contribution is -2.32. The van der Waals surface area contributed by atoms with E-state index in [0.29, 0.717) is 42.4 Å². The van der Waals surface area contributed by atoms with Crippen molar-refractivity contribution in [3.8, 4) is 5.75 Å². The molecule has 0 bridgehead atoms. The molecule has 4 rings (SSSR count). The maximum atomic E-state index is 13.3. The van der Waals surface area contributed by atoms with Gasteiger partial charge in [-0.05, 0) is 77.2 Å². The summed E-state index contributed by atoms with van der Waals surface area (Å²) in [7, 11) is 3.93. The minimum Gasteiger partial charge on any atom is -0.505 e. The SMILES string of the molecule is CCOc1ccc([C@H]2C(=C(O)c3c(C)nc4c(C)cccn34)C(=O)C(=O)N2CCCN(C)C)cc1. The molecule has 2 aromatic heterocycles. The van der Waals surface area contributed by atoms with Crippen molar-refractivity contribution in [1.29, 1.82) is 0 Å². The van der Waals surface area contributed by atoms with E-state index < -0.39 is 17.7 Å². The second-order valence-corrected chi connectivity index (χ2v) is 9.08. The molecule has 0 aliphatic carbocycles. The highest BCUT2D eigenvalue weighted by Crippen LogP contribution is 2.40. The number of likely N-dealkylation sites (tertiary alicyclic amines) is 1. The average molecular weight is 477 g/mol. The predicted octanol–water partition coefficient (Wildman–Crippen LogP) is 3.72. The van der Waals surface area contributed by atoms with Crippen LogP contribution in [-0.4, -0.2) is 69.8 Å². The van der Waals surface area contributed by atoms with Gasteiger partial charge in [-0.1, -0.05) is 18.2 Å². The molecule has 8 heteroatoms. The van der Waals surface area contributed by atoms with Gasteiger partial charge < -0.3 is 19.6 Å². The van der Waals surface area contributed by atoms with Gasteiger partial charge >= 0.3 is 0 Å². The molecule has 3 aromatic rings. The highest BCUT2D eigenvalue weighted by atomic mass is 16.5. The number of hydrogen-bond acceptors (Lipinski definition) is 6. The maximum Gasteiger partial charge on any atom is 0.295 e. The number of aliphatic hydroxyl groups is 1. The van der Waals surface area contributed by atoms with Crippen LogP contribution >= 0.6 is 0 Å². The minimum absolute atomic E-state index is 0.0791. The van der Waals surface area contributed by atoms with Crippen molar-refractivity contribution in [3.63, 3.8) is 0 Å². The zero-order chi connectivity index (χ0) is 25.3. The van der Waals surface area contributed by atoms with Gasteiger partial charge in [0, 0.05) is 12.7 Å². The lowest BCUT2D eigenvalue weighted by atomic mass is 9.96. The molecule has 1 saturated heterocycles. The normalized spacial score (nSPS) is 17.7. The Bertz CT molecular complexity index is 1290. The van der Waals surface area contributed by atoms with Crippen LogP contribution in [0.15, 0.2) is 48.2 Å². The molecule has 35 heavy (non-hydrogen) atoms. The van der Waals surface area contributed by atoms with E-state index >= 15 is 0 Å². The quantitative estimate of drug-likeness (QED) is 0.303. The van der Waals surface area contributed by atoms with E-state index in [4.69, 9.17) is 4.74 Å². The van der Waals surface area contributed by atoms with Crippen LogP contribution in [0, 0.1) is 13.8 Å². The van der Waals surface area contributed by atoms with Crippen LogP contribution in [-0.2, 0) is 9.59 Å². The van der Waals surface area contributed by atoms with Gasteiger partial charge in [0.25, 0.3) is 11.7 Å². The number of fused-ring (bicyclic) bond motifs is 1. The first-order valence-corrected chi connectivity index (χ1v) is 11.8. The zero-order valence-corrected chi connectivity index (χ0v) is 20.9. The van der Waals surface area contributed by atoms with E-state index in [9.17, 15) is 14.7 Å². The van der Waals surface area contributed by atoms with Gasteiger partial charge in [-0.15, -0.1) is 0 Å². The Labute approximate surface area is 205 Å². The third-order valence-corrected chi connectivity index (χ3v) is 6.29. The Morgan fingerprint density at radius 1 is 1.14 bits per heavy atom. The Kier molecular flexibility index (Phi) is 6.93. The topological polar surface area (TPSA) is 87.4 Å². The number of benzene rings is 1. The van der Waals surface area contributed by atoms with E-state index in [1.165, 1.54) is 0 Å². The number of pyridine rings is 1. The van der Waals surface area contributed by atoms with Gasteiger partial charge in [-0.2, -0.15) is 0 Å². The summed E-state index contributed by atoms with van der Waals surface area (Å²) in [5.41, 5.74) is 3.47. The number of carbonyl (C=O) groups is 2. The van der Waals surface area contributed by atoms with Crippen molar-refractivity contribution in [1.82, 2.24) is 19.2 Å². The number of carbonyl (C=O) groups excluding carboxylic acids is 2. The molecule has 0 radical (unpaired) electrons. The van der Waals surface area contributed by atoms with Gasteiger partial charge in [0.1, 0.15) is 17.1 Å². The number of amides is 1. The largest absolute Gasteiger partial charge is 0.505 e. The number of aliphatic hydroxyl groups excluding tert-OH is 1. The van der Waals surface area contributed by atoms with Crippen molar-refractivity contribution in [2.75, 3.05) is 33.8 Å². The molecule has 3 heterocycles. The number of hydrogen-bond donors (Lipinski definition) is 1. The Balaban J connectivity index is 1.87. The molecular formula is C27H32N4O4. The fourth-order valence-electron chi connectivity index (χ4n) is 4.66. The monoisotopic (exact) mass is 476 g/mol. The summed E-state index contributed by atoms with van der Waals surface area (Å²) >= 11 is 0. The Morgan fingerprint density at radius 2 is 1.86 bits per heavy atom. The smallest absolute Gasteiger partial charge is 0.295 e. The number of imidazole rings is 1. The van der Waals surface area contributed by atoms with Crippen molar-refractivity contribution >= 4 is 23.1 Å². The fraction of sp³-hybridized carbons (Fsp3) is 0.370. The van der Waals surface area contributed by atoms with E-state index in [1.54, 1.807) is 22.4 Å². The zero-order valence-electron chi connectivity index (χ0n) is 20.9. The van der Waals surface area contributed by atoms with Crippen LogP contribution in [0.3, 0.4) is 0 Å². The first-order chi connectivity index (χ1) is 16.7. The standard InChI is InChI=1S/C27H32N4O4/c1-6-35-20-12-10-19(11-13-20)23-21(25(33)27(34)31(23)16-8-14-29(4)5)24(32)22-18(3)28-26-17(2)9-7-15-30(22)26/h7,9-13,15,23,32H,6,8,14,16H2,1-5H3/t23-/m0/s1. The van der Waals surface area contributed by atoms with E-state index in [-0.39, 0.29) is 11.3 Å². The summed E-state index contributed by atoms with van der Waals surface area (Å²) in [5, 5.41) is 11.6. The molecule has 1 N–H and O–H groups in total. The molecular weight excluding hydrogens is 444 g/mol. The second-order valence-electron chi connectivity index (χ2n) is 9.08. The van der Waals surface area contributed by atoms with Crippen LogP contribution in [0.5, 0.6) is 5.75 Å². The molecule has 0 unspecified atom stereocenters. The molecule has 0 saturated carbocycles. The number of ether oxygens (including phenoxy) is 1. The lowest BCUT2D eigenvalue weighted by molar-refractivity contribution is -0.139. The summed E-state index contributed by atoms with van der Waals surface area (Å²) < 4.78 is 7.34. The average Bonchev–Trinajstić information content (AvgIpc) is 3.29. The molecule has 1 fully saturated rings. The molecule has 1 aliphatic heterocycles. The molecule has 0 spiro atoms. The van der Waals surface area contributed by atoms with Crippen LogP contribution in [0.4, 0.5) is 0 Å². The number of ketones is 1. The lowest BCUT2D eigenvalue weighted by Gasteiger charge is -2.26. The van der Waals surface area contributed by atoms with Gasteiger partial charge in [0.2, 0.25) is 0 Å². The predicted molar refractivity (Wildman–Crippen MR) is 134 cm³/mol. The number of rotatable bonds is 8. The van der Waals surface area contributed by atoms with Gasteiger partial charge in [0.15, 0.2) is 5.76 Å². The minimum atomic E-state index is -0.706. The summed E-state index contributed by atoms with van der Waals surface area (Å²) in [6.07, 6.45) is 2.50. The number of aryl methyl sites for hydroxylation is 2. The summed E-state index contributed by atoms with van der Waals surface area (Å²) in [6, 6.07) is 10.4. The van der Waals surface area contributed by atoms with Crippen molar-refractivity contribution in [3.05, 3.63) is 70.7 Å². The molecule has 1 aliphatic rings. The van der Waals surface area contributed by atoms with E-state index in [0.717, 1.165) is 17.7 Å². The molecule has 8 nitrogen and oxygen atoms in total. The summed E-state index contributed by atoms with van der Waals surface area (Å²) in [4.78, 5) is 34.7. The van der Waals surface area contributed by atoms with E-state index in [2.05, 4.69) is 4.98 Å². The first kappa shape index (κ1) is 24.5. The van der Waals surface area contributed by atoms with Gasteiger partial charge in [-0.3, -0.25) is 14.0 Å².